The highest BCUT2D eigenvalue weighted by atomic mass is 16.5. The number of hydrogen-bond donors (Lipinski definition) is 2. The van der Waals surface area contributed by atoms with Crippen LogP contribution in [0.5, 0.6) is 0 Å². The third-order valence-electron chi connectivity index (χ3n) is 2.59. The molecular weight excluding hydrogens is 238 g/mol. The zero-order chi connectivity index (χ0) is 13.7. The summed E-state index contributed by atoms with van der Waals surface area (Å²) in [7, 11) is 0. The molecule has 0 amide bonds. The van der Waals surface area contributed by atoms with Crippen molar-refractivity contribution in [1.29, 1.82) is 0 Å². The van der Waals surface area contributed by atoms with Gasteiger partial charge in [-0.15, -0.1) is 0 Å². The highest BCUT2D eigenvalue weighted by Crippen LogP contribution is 2.05. The lowest BCUT2D eigenvalue weighted by Gasteiger charge is -2.09. The maximum Gasteiger partial charge on any atom is 0.441 e. The molecule has 7 heteroatoms. The van der Waals surface area contributed by atoms with Crippen LogP contribution in [-0.2, 0) is 11.3 Å². The average molecular weight is 255 g/mol. The number of carboxylic acid groups (broad SMARTS) is 1. The standard InChI is InChI=1S/C11H17N3O4/c1-7(10(15)16)6-9(12)4-3-5-14-8(2)13-18-11(14)17/h3-4,7,9H,5-6,12H2,1-2H3,(H,15,16). The van der Waals surface area contributed by atoms with Crippen molar-refractivity contribution in [2.45, 2.75) is 32.9 Å². The zero-order valence-electron chi connectivity index (χ0n) is 10.4. The summed E-state index contributed by atoms with van der Waals surface area (Å²) in [6, 6.07) is -0.355. The van der Waals surface area contributed by atoms with Crippen molar-refractivity contribution in [3.05, 3.63) is 28.5 Å². The molecule has 0 bridgehead atoms. The first-order valence-corrected chi connectivity index (χ1v) is 5.60. The number of aryl methyl sites for hydroxylation is 1. The monoisotopic (exact) mass is 255 g/mol. The van der Waals surface area contributed by atoms with Gasteiger partial charge in [-0.1, -0.05) is 24.2 Å². The van der Waals surface area contributed by atoms with Crippen molar-refractivity contribution >= 4 is 5.97 Å². The Morgan fingerprint density at radius 2 is 2.33 bits per heavy atom. The van der Waals surface area contributed by atoms with Crippen LogP contribution in [0.15, 0.2) is 21.5 Å². The molecule has 0 spiro atoms. The lowest BCUT2D eigenvalue weighted by molar-refractivity contribution is -0.141. The molecule has 0 aliphatic carbocycles. The number of carbonyl (C=O) groups is 1. The van der Waals surface area contributed by atoms with E-state index in [0.717, 1.165) is 0 Å². The molecule has 3 N–H and O–H groups in total. The fraction of sp³-hybridized carbons (Fsp3) is 0.545. The van der Waals surface area contributed by atoms with Gasteiger partial charge in [0.15, 0.2) is 5.82 Å². The first kappa shape index (κ1) is 14.2. The van der Waals surface area contributed by atoms with E-state index in [2.05, 4.69) is 9.68 Å². The molecule has 1 aromatic rings. The number of hydrogen-bond acceptors (Lipinski definition) is 5. The van der Waals surface area contributed by atoms with Gasteiger partial charge in [0.25, 0.3) is 0 Å². The van der Waals surface area contributed by atoms with E-state index in [-0.39, 0.29) is 6.04 Å². The molecule has 0 aliphatic heterocycles. The first-order chi connectivity index (χ1) is 8.41. The third kappa shape index (κ3) is 3.85. The highest BCUT2D eigenvalue weighted by Gasteiger charge is 2.13. The Morgan fingerprint density at radius 3 is 2.83 bits per heavy atom. The maximum atomic E-state index is 11.2. The second-order valence-electron chi connectivity index (χ2n) is 4.17. The van der Waals surface area contributed by atoms with Gasteiger partial charge in [0.2, 0.25) is 0 Å². The minimum atomic E-state index is -0.870. The van der Waals surface area contributed by atoms with E-state index in [1.807, 2.05) is 0 Å². The molecule has 7 nitrogen and oxygen atoms in total. The fourth-order valence-corrected chi connectivity index (χ4v) is 1.47. The molecule has 0 radical (unpaired) electrons. The van der Waals surface area contributed by atoms with Crippen molar-refractivity contribution in [3.8, 4) is 0 Å². The molecule has 2 atom stereocenters. The van der Waals surface area contributed by atoms with Gasteiger partial charge < -0.3 is 10.8 Å². The molecule has 100 valence electrons. The van der Waals surface area contributed by atoms with E-state index < -0.39 is 17.6 Å². The number of aliphatic carboxylic acids is 1. The van der Waals surface area contributed by atoms with Gasteiger partial charge in [-0.05, 0) is 13.3 Å². The smallest absolute Gasteiger partial charge is 0.441 e. The fourth-order valence-electron chi connectivity index (χ4n) is 1.47. The summed E-state index contributed by atoms with van der Waals surface area (Å²) in [5.41, 5.74) is 5.75. The molecule has 0 saturated heterocycles. The quantitative estimate of drug-likeness (QED) is 0.699. The number of carboxylic acids is 1. The largest absolute Gasteiger partial charge is 0.481 e. The van der Waals surface area contributed by atoms with Gasteiger partial charge in [0.1, 0.15) is 0 Å². The third-order valence-corrected chi connectivity index (χ3v) is 2.59. The van der Waals surface area contributed by atoms with Gasteiger partial charge in [-0.2, -0.15) is 0 Å². The van der Waals surface area contributed by atoms with Crippen LogP contribution in [0.25, 0.3) is 0 Å². The Balaban J connectivity index is 2.51. The zero-order valence-corrected chi connectivity index (χ0v) is 10.4. The number of nitrogens with zero attached hydrogens (tertiary/aromatic N) is 2. The Kier molecular flexibility index (Phi) is 4.85. The minimum absolute atomic E-state index is 0.309. The summed E-state index contributed by atoms with van der Waals surface area (Å²) in [6.45, 7) is 3.57. The van der Waals surface area contributed by atoms with Crippen LogP contribution in [0.1, 0.15) is 19.2 Å². The van der Waals surface area contributed by atoms with Crippen LogP contribution in [0, 0.1) is 12.8 Å². The van der Waals surface area contributed by atoms with Gasteiger partial charge in [-0.3, -0.25) is 13.9 Å². The van der Waals surface area contributed by atoms with Gasteiger partial charge in [0, 0.05) is 12.6 Å². The number of rotatable bonds is 6. The molecule has 1 rings (SSSR count). The molecule has 1 heterocycles. The van der Waals surface area contributed by atoms with E-state index in [1.54, 1.807) is 26.0 Å². The van der Waals surface area contributed by atoms with Gasteiger partial charge in [-0.25, -0.2) is 4.79 Å². The first-order valence-electron chi connectivity index (χ1n) is 5.60. The average Bonchev–Trinajstić information content (AvgIpc) is 2.60. The molecule has 2 unspecified atom stereocenters. The van der Waals surface area contributed by atoms with Crippen molar-refractivity contribution in [2.75, 3.05) is 0 Å². The van der Waals surface area contributed by atoms with Crippen molar-refractivity contribution in [3.63, 3.8) is 0 Å². The van der Waals surface area contributed by atoms with Crippen LogP contribution in [-0.4, -0.2) is 26.8 Å². The molecule has 0 saturated carbocycles. The van der Waals surface area contributed by atoms with Gasteiger partial charge in [0.05, 0.1) is 5.92 Å². The van der Waals surface area contributed by atoms with Crippen LogP contribution < -0.4 is 11.5 Å². The molecule has 0 fully saturated rings. The second-order valence-corrected chi connectivity index (χ2v) is 4.17. The number of nitrogens with two attached hydrogens (primary N) is 1. The Bertz CT molecular complexity index is 489. The minimum Gasteiger partial charge on any atom is -0.481 e. The van der Waals surface area contributed by atoms with Crippen molar-refractivity contribution < 1.29 is 14.4 Å². The van der Waals surface area contributed by atoms with E-state index in [9.17, 15) is 9.59 Å². The lowest BCUT2D eigenvalue weighted by atomic mass is 10.0. The van der Waals surface area contributed by atoms with Crippen LogP contribution in [0.2, 0.25) is 0 Å². The summed E-state index contributed by atoms with van der Waals surface area (Å²) < 4.78 is 5.81. The van der Waals surface area contributed by atoms with Crippen molar-refractivity contribution in [1.82, 2.24) is 9.72 Å². The van der Waals surface area contributed by atoms with E-state index in [1.165, 1.54) is 4.57 Å². The number of allylic oxidation sites excluding steroid dienone is 1. The van der Waals surface area contributed by atoms with Gasteiger partial charge >= 0.3 is 11.7 Å². The summed E-state index contributed by atoms with van der Waals surface area (Å²) >= 11 is 0. The topological polar surface area (TPSA) is 111 Å². The Morgan fingerprint density at radius 1 is 1.67 bits per heavy atom. The van der Waals surface area contributed by atoms with E-state index in [0.29, 0.717) is 18.8 Å². The summed E-state index contributed by atoms with van der Waals surface area (Å²) in [5, 5.41) is 12.3. The molecule has 1 aromatic heterocycles. The van der Waals surface area contributed by atoms with Crippen LogP contribution in [0.4, 0.5) is 0 Å². The number of aromatic nitrogens is 2. The second kappa shape index (κ2) is 6.15. The Labute approximate surface area is 104 Å². The summed E-state index contributed by atoms with van der Waals surface area (Å²) in [4.78, 5) is 21.8. The van der Waals surface area contributed by atoms with Crippen molar-refractivity contribution in [2.24, 2.45) is 11.7 Å². The molecule has 0 aliphatic rings. The predicted molar refractivity (Wildman–Crippen MR) is 64.0 cm³/mol. The Hall–Kier alpha value is -1.89. The summed E-state index contributed by atoms with van der Waals surface area (Å²) in [6.07, 6.45) is 3.73. The lowest BCUT2D eigenvalue weighted by Crippen LogP contribution is -2.24. The van der Waals surface area contributed by atoms with E-state index in [4.69, 9.17) is 10.8 Å². The van der Waals surface area contributed by atoms with Crippen LogP contribution in [0.3, 0.4) is 0 Å². The normalized spacial score (nSPS) is 14.8. The maximum absolute atomic E-state index is 11.2. The molecular formula is C11H17N3O4. The summed E-state index contributed by atoms with van der Waals surface area (Å²) in [5.74, 6) is -1.41. The predicted octanol–water partition coefficient (Wildman–Crippen LogP) is 0.139. The van der Waals surface area contributed by atoms with E-state index >= 15 is 0 Å². The highest BCUT2D eigenvalue weighted by molar-refractivity contribution is 5.69. The SMILES string of the molecule is Cc1noc(=O)n1CC=CC(N)CC(C)C(=O)O. The van der Waals surface area contributed by atoms with Crippen LogP contribution >= 0.6 is 0 Å². The molecule has 18 heavy (non-hydrogen) atoms. The molecule has 0 aromatic carbocycles.